The molecule has 0 saturated heterocycles. The Bertz CT molecular complexity index is 1170. The minimum absolute atomic E-state index is 0.0843. The van der Waals surface area contributed by atoms with Crippen LogP contribution in [0.1, 0.15) is 36.6 Å². The predicted molar refractivity (Wildman–Crippen MR) is 116 cm³/mol. The number of hydrogen-bond donors (Lipinski definition) is 2. The van der Waals surface area contributed by atoms with E-state index >= 15 is 0 Å². The van der Waals surface area contributed by atoms with Crippen molar-refractivity contribution in [2.75, 3.05) is 0 Å². The van der Waals surface area contributed by atoms with Crippen LogP contribution in [0.4, 0.5) is 0 Å². The second-order valence-corrected chi connectivity index (χ2v) is 8.45. The van der Waals surface area contributed by atoms with Crippen LogP contribution < -0.4 is 5.32 Å². The maximum atomic E-state index is 12.7. The summed E-state index contributed by atoms with van der Waals surface area (Å²) >= 11 is 3.51. The zero-order valence-electron chi connectivity index (χ0n) is 15.5. The fourth-order valence-electron chi connectivity index (χ4n) is 4.41. The summed E-state index contributed by atoms with van der Waals surface area (Å²) in [5, 5.41) is 5.74. The number of hydrogen-bond acceptors (Lipinski definition) is 1. The molecule has 2 N–H and O–H groups in total. The van der Waals surface area contributed by atoms with Crippen molar-refractivity contribution >= 4 is 43.6 Å². The molecule has 5 rings (SSSR count). The Balaban J connectivity index is 1.30. The Kier molecular flexibility index (Phi) is 4.47. The molecule has 0 unspecified atom stereocenters. The molecule has 4 nitrogen and oxygen atoms in total. The molecule has 0 spiro atoms. The lowest BCUT2D eigenvalue weighted by Gasteiger charge is -2.24. The standard InChI is InChI=1S/C23H22BrN3O/c24-16-8-9-21-15(14-16)10-12-27(21)13-11-22(28)25-20-7-3-5-18-17-4-1-2-6-19(17)26-23(18)20/h1-2,4,6,8-10,12,14,20,26H,3,5,7,11,13H2,(H,25,28)/t20-/m0/s1. The van der Waals surface area contributed by atoms with Crippen LogP contribution in [0.25, 0.3) is 21.8 Å². The molecule has 2 heterocycles. The highest BCUT2D eigenvalue weighted by atomic mass is 79.9. The summed E-state index contributed by atoms with van der Waals surface area (Å²) in [4.78, 5) is 16.2. The van der Waals surface area contributed by atoms with Crippen LogP contribution in [0, 0.1) is 0 Å². The summed E-state index contributed by atoms with van der Waals surface area (Å²) in [5.74, 6) is 0.107. The SMILES string of the molecule is O=C(CCn1ccc2cc(Br)ccc21)N[C@H]1CCCc2c1[nH]c1ccccc21. The number of fused-ring (bicyclic) bond motifs is 4. The fourth-order valence-corrected chi connectivity index (χ4v) is 4.79. The molecule has 0 bridgehead atoms. The molecule has 5 heteroatoms. The first-order chi connectivity index (χ1) is 13.7. The van der Waals surface area contributed by atoms with Gasteiger partial charge in [-0.3, -0.25) is 4.79 Å². The largest absolute Gasteiger partial charge is 0.356 e. The molecule has 28 heavy (non-hydrogen) atoms. The van der Waals surface area contributed by atoms with Crippen LogP contribution in [0.5, 0.6) is 0 Å². The molecule has 0 fully saturated rings. The van der Waals surface area contributed by atoms with Crippen LogP contribution in [0.3, 0.4) is 0 Å². The number of benzene rings is 2. The maximum absolute atomic E-state index is 12.7. The quantitative estimate of drug-likeness (QED) is 0.438. The first kappa shape index (κ1) is 17.6. The van der Waals surface area contributed by atoms with Gasteiger partial charge in [0.2, 0.25) is 5.91 Å². The van der Waals surface area contributed by atoms with Crippen molar-refractivity contribution in [3.8, 4) is 0 Å². The van der Waals surface area contributed by atoms with Crippen LogP contribution >= 0.6 is 15.9 Å². The van der Waals surface area contributed by atoms with E-state index in [1.54, 1.807) is 0 Å². The lowest BCUT2D eigenvalue weighted by molar-refractivity contribution is -0.122. The molecule has 1 atom stereocenters. The molecule has 1 amide bonds. The van der Waals surface area contributed by atoms with Crippen LogP contribution in [0.15, 0.2) is 59.2 Å². The van der Waals surface area contributed by atoms with Gasteiger partial charge in [0.1, 0.15) is 0 Å². The third-order valence-electron chi connectivity index (χ3n) is 5.76. The molecule has 142 valence electrons. The number of H-pyrrole nitrogens is 1. The topological polar surface area (TPSA) is 49.8 Å². The van der Waals surface area contributed by atoms with Crippen LogP contribution in [-0.2, 0) is 17.8 Å². The van der Waals surface area contributed by atoms with Crippen molar-refractivity contribution < 1.29 is 4.79 Å². The van der Waals surface area contributed by atoms with Gasteiger partial charge in [0.25, 0.3) is 0 Å². The molecule has 0 aliphatic heterocycles. The van der Waals surface area contributed by atoms with E-state index in [1.165, 1.54) is 27.5 Å². The summed E-state index contributed by atoms with van der Waals surface area (Å²) < 4.78 is 3.22. The average Bonchev–Trinajstić information content (AvgIpc) is 3.28. The van der Waals surface area contributed by atoms with E-state index in [-0.39, 0.29) is 11.9 Å². The van der Waals surface area contributed by atoms with Crippen molar-refractivity contribution in [2.45, 2.75) is 38.3 Å². The number of amides is 1. The third-order valence-corrected chi connectivity index (χ3v) is 6.26. The van der Waals surface area contributed by atoms with E-state index in [9.17, 15) is 4.79 Å². The summed E-state index contributed by atoms with van der Waals surface area (Å²) in [6.07, 6.45) is 5.71. The van der Waals surface area contributed by atoms with Gasteiger partial charge in [0.15, 0.2) is 0 Å². The smallest absolute Gasteiger partial charge is 0.222 e. The highest BCUT2D eigenvalue weighted by Gasteiger charge is 2.25. The van der Waals surface area contributed by atoms with E-state index in [0.29, 0.717) is 13.0 Å². The molecule has 4 aromatic rings. The molecule has 2 aromatic carbocycles. The minimum Gasteiger partial charge on any atom is -0.356 e. The minimum atomic E-state index is 0.0843. The van der Waals surface area contributed by atoms with Gasteiger partial charge in [-0.25, -0.2) is 0 Å². The Labute approximate surface area is 172 Å². The number of rotatable bonds is 4. The van der Waals surface area contributed by atoms with E-state index in [2.05, 4.69) is 79.5 Å². The van der Waals surface area contributed by atoms with E-state index in [1.807, 2.05) is 6.07 Å². The van der Waals surface area contributed by atoms with Gasteiger partial charge >= 0.3 is 0 Å². The van der Waals surface area contributed by atoms with Crippen molar-refractivity contribution in [2.24, 2.45) is 0 Å². The predicted octanol–water partition coefficient (Wildman–Crippen LogP) is 5.47. The van der Waals surface area contributed by atoms with Crippen molar-refractivity contribution in [1.82, 2.24) is 14.9 Å². The van der Waals surface area contributed by atoms with Crippen molar-refractivity contribution in [1.29, 1.82) is 0 Å². The van der Waals surface area contributed by atoms with Crippen LogP contribution in [-0.4, -0.2) is 15.5 Å². The van der Waals surface area contributed by atoms with E-state index in [4.69, 9.17) is 0 Å². The second kappa shape index (κ2) is 7.13. The first-order valence-corrected chi connectivity index (χ1v) is 10.6. The molecule has 0 saturated carbocycles. The van der Waals surface area contributed by atoms with E-state index in [0.717, 1.165) is 29.3 Å². The number of carbonyl (C=O) groups is 1. The molecule has 1 aliphatic carbocycles. The number of nitrogens with one attached hydrogen (secondary N) is 2. The zero-order valence-corrected chi connectivity index (χ0v) is 17.1. The number of para-hydroxylation sites is 1. The summed E-state index contributed by atoms with van der Waals surface area (Å²) in [7, 11) is 0. The van der Waals surface area contributed by atoms with Gasteiger partial charge in [-0.1, -0.05) is 34.1 Å². The summed E-state index contributed by atoms with van der Waals surface area (Å²) in [6.45, 7) is 0.684. The molecule has 0 radical (unpaired) electrons. The summed E-state index contributed by atoms with van der Waals surface area (Å²) in [5.41, 5.74) is 4.89. The Morgan fingerprint density at radius 1 is 1.21 bits per heavy atom. The molecular weight excluding hydrogens is 414 g/mol. The molecule has 2 aromatic heterocycles. The zero-order chi connectivity index (χ0) is 19.1. The first-order valence-electron chi connectivity index (χ1n) is 9.82. The molecule has 1 aliphatic rings. The van der Waals surface area contributed by atoms with Crippen molar-refractivity contribution in [3.63, 3.8) is 0 Å². The number of nitrogens with zero attached hydrogens (tertiary/aromatic N) is 1. The third kappa shape index (κ3) is 3.14. The van der Waals surface area contributed by atoms with Crippen molar-refractivity contribution in [3.05, 3.63) is 70.5 Å². The Morgan fingerprint density at radius 2 is 2.11 bits per heavy atom. The molecular formula is C23H22BrN3O. The average molecular weight is 436 g/mol. The lowest BCUT2D eigenvalue weighted by atomic mass is 9.91. The van der Waals surface area contributed by atoms with Crippen LogP contribution in [0.2, 0.25) is 0 Å². The normalized spacial score (nSPS) is 16.4. The number of halogens is 1. The number of aryl methyl sites for hydroxylation is 2. The Morgan fingerprint density at radius 3 is 3.04 bits per heavy atom. The van der Waals surface area contributed by atoms with Gasteiger partial charge in [0.05, 0.1) is 6.04 Å². The summed E-state index contributed by atoms with van der Waals surface area (Å²) in [6, 6.07) is 16.8. The second-order valence-electron chi connectivity index (χ2n) is 7.54. The highest BCUT2D eigenvalue weighted by molar-refractivity contribution is 9.10. The number of carbonyl (C=O) groups excluding carboxylic acids is 1. The van der Waals surface area contributed by atoms with Gasteiger partial charge in [-0.05, 0) is 55.2 Å². The van der Waals surface area contributed by atoms with E-state index < -0.39 is 0 Å². The highest BCUT2D eigenvalue weighted by Crippen LogP contribution is 2.34. The van der Waals surface area contributed by atoms with Gasteiger partial charge in [-0.15, -0.1) is 0 Å². The number of aromatic nitrogens is 2. The Hall–Kier alpha value is -2.53. The van der Waals surface area contributed by atoms with Gasteiger partial charge in [0, 0.05) is 51.1 Å². The lowest BCUT2D eigenvalue weighted by Crippen LogP contribution is -2.31. The fraction of sp³-hybridized carbons (Fsp3) is 0.261. The number of aromatic amines is 1. The monoisotopic (exact) mass is 435 g/mol. The van der Waals surface area contributed by atoms with Gasteiger partial charge in [-0.2, -0.15) is 0 Å². The van der Waals surface area contributed by atoms with Gasteiger partial charge < -0.3 is 14.9 Å². The maximum Gasteiger partial charge on any atom is 0.222 e.